The second kappa shape index (κ2) is 6.67. The molecule has 0 aliphatic carbocycles. The number of nitrogens with one attached hydrogen (secondary N) is 1. The minimum Gasteiger partial charge on any atom is -0.454 e. The molecule has 0 bridgehead atoms. The molecule has 1 N–H and O–H groups in total. The lowest BCUT2D eigenvalue weighted by atomic mass is 9.82. The number of aromatic nitrogens is 1. The maximum Gasteiger partial charge on any atom is 0.287 e. The Kier molecular flexibility index (Phi) is 5.02. The van der Waals surface area contributed by atoms with Gasteiger partial charge in [0.05, 0.1) is 6.54 Å². The molecule has 0 spiro atoms. The Labute approximate surface area is 142 Å². The molecule has 5 heteroatoms. The summed E-state index contributed by atoms with van der Waals surface area (Å²) in [6.45, 7) is 10.7. The molecular formula is C19H26N2O3. The average Bonchev–Trinajstić information content (AvgIpc) is 2.86. The van der Waals surface area contributed by atoms with Crippen LogP contribution in [0.4, 0.5) is 0 Å². The van der Waals surface area contributed by atoms with Crippen molar-refractivity contribution in [1.29, 1.82) is 0 Å². The van der Waals surface area contributed by atoms with Crippen LogP contribution in [0, 0.1) is 5.41 Å². The molecule has 0 aliphatic heterocycles. The Hall–Kier alpha value is -2.30. The van der Waals surface area contributed by atoms with Crippen LogP contribution in [-0.4, -0.2) is 16.0 Å². The summed E-state index contributed by atoms with van der Waals surface area (Å²) in [4.78, 5) is 24.1. The van der Waals surface area contributed by atoms with Crippen molar-refractivity contribution in [3.05, 3.63) is 58.4 Å². The smallest absolute Gasteiger partial charge is 0.287 e. The van der Waals surface area contributed by atoms with Crippen molar-refractivity contribution < 1.29 is 9.21 Å². The van der Waals surface area contributed by atoms with Crippen LogP contribution < -0.4 is 10.9 Å². The van der Waals surface area contributed by atoms with E-state index < -0.39 is 0 Å². The lowest BCUT2D eigenvalue weighted by Crippen LogP contribution is -2.45. The van der Waals surface area contributed by atoms with Gasteiger partial charge >= 0.3 is 0 Å². The van der Waals surface area contributed by atoms with Gasteiger partial charge in [0, 0.05) is 17.8 Å². The molecule has 2 heterocycles. The van der Waals surface area contributed by atoms with E-state index in [0.29, 0.717) is 12.3 Å². The van der Waals surface area contributed by atoms with Gasteiger partial charge in [-0.1, -0.05) is 26.8 Å². The topological polar surface area (TPSA) is 64.2 Å². The first-order chi connectivity index (χ1) is 11.1. The molecule has 0 radical (unpaired) electrons. The number of carbonyl (C=O) groups excluding carboxylic acids is 1. The van der Waals surface area contributed by atoms with Gasteiger partial charge in [0.1, 0.15) is 5.76 Å². The molecule has 0 saturated heterocycles. The lowest BCUT2D eigenvalue weighted by molar-refractivity contribution is 0.0861. The van der Waals surface area contributed by atoms with E-state index in [2.05, 4.69) is 26.1 Å². The average molecular weight is 330 g/mol. The van der Waals surface area contributed by atoms with Crippen molar-refractivity contribution in [3.8, 4) is 0 Å². The second-order valence-electron chi connectivity index (χ2n) is 8.01. The van der Waals surface area contributed by atoms with Gasteiger partial charge in [-0.05, 0) is 43.9 Å². The van der Waals surface area contributed by atoms with Gasteiger partial charge in [-0.15, -0.1) is 0 Å². The molecule has 0 unspecified atom stereocenters. The minimum absolute atomic E-state index is 0.105. The van der Waals surface area contributed by atoms with E-state index in [4.69, 9.17) is 4.42 Å². The predicted octanol–water partition coefficient (Wildman–Crippen LogP) is 3.43. The maximum atomic E-state index is 12.4. The first-order valence-corrected chi connectivity index (χ1v) is 8.12. The first-order valence-electron chi connectivity index (χ1n) is 8.12. The van der Waals surface area contributed by atoms with E-state index in [9.17, 15) is 9.59 Å². The number of rotatable bonds is 5. The monoisotopic (exact) mass is 330 g/mol. The molecule has 0 fully saturated rings. The quantitative estimate of drug-likeness (QED) is 0.913. The third-order valence-corrected chi connectivity index (χ3v) is 3.53. The zero-order valence-electron chi connectivity index (χ0n) is 15.1. The number of furan rings is 1. The van der Waals surface area contributed by atoms with Crippen LogP contribution in [0.5, 0.6) is 0 Å². The molecule has 0 aliphatic rings. The van der Waals surface area contributed by atoms with Crippen molar-refractivity contribution in [2.75, 3.05) is 0 Å². The fourth-order valence-corrected chi connectivity index (χ4v) is 3.08. The van der Waals surface area contributed by atoms with Crippen molar-refractivity contribution >= 4 is 5.91 Å². The molecule has 24 heavy (non-hydrogen) atoms. The van der Waals surface area contributed by atoms with Gasteiger partial charge in [0.2, 0.25) is 0 Å². The zero-order valence-corrected chi connectivity index (χ0v) is 15.1. The molecular weight excluding hydrogens is 304 g/mol. The lowest BCUT2D eigenvalue weighted by Gasteiger charge is -2.33. The summed E-state index contributed by atoms with van der Waals surface area (Å²) in [5.74, 6) is 0.592. The summed E-state index contributed by atoms with van der Waals surface area (Å²) < 4.78 is 7.14. The van der Waals surface area contributed by atoms with E-state index in [1.807, 2.05) is 13.8 Å². The van der Waals surface area contributed by atoms with E-state index in [1.54, 1.807) is 30.5 Å². The van der Waals surface area contributed by atoms with Crippen molar-refractivity contribution in [3.63, 3.8) is 0 Å². The van der Waals surface area contributed by atoms with Gasteiger partial charge in [-0.3, -0.25) is 9.59 Å². The van der Waals surface area contributed by atoms with Gasteiger partial charge in [0.15, 0.2) is 5.76 Å². The Bertz CT molecular complexity index is 763. The molecule has 2 rings (SSSR count). The van der Waals surface area contributed by atoms with Gasteiger partial charge < -0.3 is 14.3 Å². The predicted molar refractivity (Wildman–Crippen MR) is 94.1 cm³/mol. The van der Waals surface area contributed by atoms with E-state index >= 15 is 0 Å². The Balaban J connectivity index is 2.06. The highest BCUT2D eigenvalue weighted by Crippen LogP contribution is 2.27. The van der Waals surface area contributed by atoms with Crippen molar-refractivity contribution in [2.45, 2.75) is 53.1 Å². The standard InChI is InChI=1S/C19H26N2O3/c1-18(2,3)13-19(4,5)20-17(23)15-10-9-14(24-15)12-21-11-7-6-8-16(21)22/h6-11H,12-13H2,1-5H3,(H,20,23). The third kappa shape index (κ3) is 5.11. The second-order valence-corrected chi connectivity index (χ2v) is 8.01. The van der Waals surface area contributed by atoms with E-state index in [0.717, 1.165) is 6.42 Å². The SMILES string of the molecule is CC(C)(C)CC(C)(C)NC(=O)c1ccc(Cn2ccccc2=O)o1. The zero-order chi connectivity index (χ0) is 18.0. The summed E-state index contributed by atoms with van der Waals surface area (Å²) in [5.41, 5.74) is -0.329. The highest BCUT2D eigenvalue weighted by Gasteiger charge is 2.28. The Morgan fingerprint density at radius 2 is 1.83 bits per heavy atom. The summed E-state index contributed by atoms with van der Waals surface area (Å²) in [5, 5.41) is 3.02. The van der Waals surface area contributed by atoms with Crippen LogP contribution in [0.3, 0.4) is 0 Å². The van der Waals surface area contributed by atoms with Crippen LogP contribution in [0.15, 0.2) is 45.7 Å². The summed E-state index contributed by atoms with van der Waals surface area (Å²) in [6.07, 6.45) is 2.54. The van der Waals surface area contributed by atoms with Crippen LogP contribution in [-0.2, 0) is 6.54 Å². The number of carbonyl (C=O) groups is 1. The highest BCUT2D eigenvalue weighted by atomic mass is 16.4. The van der Waals surface area contributed by atoms with E-state index in [-0.39, 0.29) is 28.2 Å². The molecule has 1 amide bonds. The van der Waals surface area contributed by atoms with Gasteiger partial charge in [0.25, 0.3) is 11.5 Å². The number of hydrogen-bond donors (Lipinski definition) is 1. The van der Waals surface area contributed by atoms with Crippen LogP contribution in [0.2, 0.25) is 0 Å². The largest absolute Gasteiger partial charge is 0.454 e. The number of hydrogen-bond acceptors (Lipinski definition) is 3. The molecule has 5 nitrogen and oxygen atoms in total. The van der Waals surface area contributed by atoms with Crippen LogP contribution in [0.25, 0.3) is 0 Å². The van der Waals surface area contributed by atoms with Crippen molar-refractivity contribution in [1.82, 2.24) is 9.88 Å². The van der Waals surface area contributed by atoms with Gasteiger partial charge in [-0.25, -0.2) is 0 Å². The molecule has 2 aromatic heterocycles. The van der Waals surface area contributed by atoms with Crippen LogP contribution >= 0.6 is 0 Å². The van der Waals surface area contributed by atoms with E-state index in [1.165, 1.54) is 10.6 Å². The first kappa shape index (κ1) is 18.0. The van der Waals surface area contributed by atoms with Crippen LogP contribution in [0.1, 0.15) is 57.4 Å². The molecule has 0 aromatic carbocycles. The highest BCUT2D eigenvalue weighted by molar-refractivity contribution is 5.92. The number of pyridine rings is 1. The molecule has 2 aromatic rings. The molecule has 0 saturated carbocycles. The molecule has 130 valence electrons. The third-order valence-electron chi connectivity index (χ3n) is 3.53. The normalized spacial score (nSPS) is 12.2. The fraction of sp³-hybridized carbons (Fsp3) is 0.474. The van der Waals surface area contributed by atoms with Crippen molar-refractivity contribution in [2.24, 2.45) is 5.41 Å². The summed E-state index contributed by atoms with van der Waals surface area (Å²) >= 11 is 0. The summed E-state index contributed by atoms with van der Waals surface area (Å²) in [7, 11) is 0. The Morgan fingerprint density at radius 3 is 2.46 bits per heavy atom. The summed E-state index contributed by atoms with van der Waals surface area (Å²) in [6, 6.07) is 8.34. The number of nitrogens with zero attached hydrogens (tertiary/aromatic N) is 1. The fourth-order valence-electron chi connectivity index (χ4n) is 3.08. The maximum absolute atomic E-state index is 12.4. The minimum atomic E-state index is -0.335. The molecule has 0 atom stereocenters. The number of amides is 1. The van der Waals surface area contributed by atoms with Gasteiger partial charge in [-0.2, -0.15) is 0 Å². The Morgan fingerprint density at radius 1 is 1.12 bits per heavy atom.